The molecule has 0 atom stereocenters. The third-order valence-electron chi connectivity index (χ3n) is 5.38. The van der Waals surface area contributed by atoms with E-state index in [1.165, 1.54) is 23.4 Å². The number of benzene rings is 1. The number of aryl methyl sites for hydroxylation is 2. The Morgan fingerprint density at radius 2 is 1.83 bits per heavy atom. The Morgan fingerprint density at radius 1 is 1.13 bits per heavy atom. The second kappa shape index (κ2) is 7.55. The Labute approximate surface area is 175 Å². The van der Waals surface area contributed by atoms with Gasteiger partial charge < -0.3 is 14.6 Å². The lowest BCUT2D eigenvalue weighted by Crippen LogP contribution is -2.56. The Bertz CT molecular complexity index is 1160. The molecule has 1 aliphatic heterocycles. The molecule has 9 heteroatoms. The first-order chi connectivity index (χ1) is 14.1. The number of nitrogens with zero attached hydrogens (tertiary/aromatic N) is 2. The molecule has 1 aromatic carbocycles. The zero-order valence-electron chi connectivity index (χ0n) is 17.2. The topological polar surface area (TPSA) is 97.7 Å². The van der Waals surface area contributed by atoms with E-state index in [9.17, 15) is 18.0 Å². The van der Waals surface area contributed by atoms with Gasteiger partial charge in [0.25, 0.3) is 5.56 Å². The van der Waals surface area contributed by atoms with Crippen molar-refractivity contribution in [3.63, 3.8) is 0 Å². The van der Waals surface area contributed by atoms with Crippen molar-refractivity contribution in [1.29, 1.82) is 0 Å². The van der Waals surface area contributed by atoms with Crippen molar-refractivity contribution >= 4 is 21.6 Å². The molecule has 2 aliphatic rings. The number of carbonyl (C=O) groups excluding carboxylic acids is 1. The molecule has 160 valence electrons. The largest absolute Gasteiger partial charge is 0.487 e. The van der Waals surface area contributed by atoms with Gasteiger partial charge in [-0.05, 0) is 56.5 Å². The van der Waals surface area contributed by atoms with Gasteiger partial charge in [0, 0.05) is 30.4 Å². The summed E-state index contributed by atoms with van der Waals surface area (Å²) in [5.41, 5.74) is 1.90. The summed E-state index contributed by atoms with van der Waals surface area (Å²) in [7, 11) is -3.65. The smallest absolute Gasteiger partial charge is 0.254 e. The fourth-order valence-electron chi connectivity index (χ4n) is 3.77. The van der Waals surface area contributed by atoms with Crippen LogP contribution in [0.1, 0.15) is 37.1 Å². The number of pyridine rings is 1. The number of nitrogens with one attached hydrogen (secondary N) is 1. The molecule has 1 amide bonds. The minimum Gasteiger partial charge on any atom is -0.487 e. The summed E-state index contributed by atoms with van der Waals surface area (Å²) in [4.78, 5) is 23.7. The molecule has 2 aromatic rings. The predicted molar refractivity (Wildman–Crippen MR) is 112 cm³/mol. The Hall–Kier alpha value is -2.65. The summed E-state index contributed by atoms with van der Waals surface area (Å²) in [5.74, 6) is 0.264. The summed E-state index contributed by atoms with van der Waals surface area (Å²) in [6.45, 7) is 5.43. The number of anilines is 1. The van der Waals surface area contributed by atoms with Gasteiger partial charge in [0.1, 0.15) is 11.9 Å². The van der Waals surface area contributed by atoms with E-state index in [0.29, 0.717) is 23.0 Å². The van der Waals surface area contributed by atoms with Crippen molar-refractivity contribution in [3.8, 4) is 5.75 Å². The van der Waals surface area contributed by atoms with Gasteiger partial charge in [-0.25, -0.2) is 8.42 Å². The minimum atomic E-state index is -3.65. The van der Waals surface area contributed by atoms with Crippen LogP contribution < -0.4 is 15.6 Å². The molecule has 0 bridgehead atoms. The molecule has 30 heavy (non-hydrogen) atoms. The van der Waals surface area contributed by atoms with Gasteiger partial charge in [0.05, 0.1) is 18.0 Å². The summed E-state index contributed by atoms with van der Waals surface area (Å²) in [6, 6.07) is 8.34. The summed E-state index contributed by atoms with van der Waals surface area (Å²) < 4.78 is 34.9. The number of sulfonamides is 1. The zero-order chi connectivity index (χ0) is 21.6. The second-order valence-corrected chi connectivity index (χ2v) is 9.90. The molecule has 0 radical (unpaired) electrons. The number of rotatable bonds is 6. The Morgan fingerprint density at radius 3 is 2.40 bits per heavy atom. The first-order valence-corrected chi connectivity index (χ1v) is 11.4. The van der Waals surface area contributed by atoms with E-state index in [2.05, 4.69) is 5.32 Å². The highest BCUT2D eigenvalue weighted by molar-refractivity contribution is 7.89. The van der Waals surface area contributed by atoms with Crippen molar-refractivity contribution in [2.45, 2.75) is 50.7 Å². The molecule has 8 nitrogen and oxygen atoms in total. The molecule has 1 saturated heterocycles. The maximum Gasteiger partial charge on any atom is 0.254 e. The third kappa shape index (κ3) is 3.99. The van der Waals surface area contributed by atoms with Crippen molar-refractivity contribution in [2.24, 2.45) is 0 Å². The highest BCUT2D eigenvalue weighted by Gasteiger charge is 2.39. The van der Waals surface area contributed by atoms with Gasteiger partial charge in [0.2, 0.25) is 15.9 Å². The van der Waals surface area contributed by atoms with Crippen molar-refractivity contribution in [1.82, 2.24) is 8.87 Å². The van der Waals surface area contributed by atoms with E-state index in [1.54, 1.807) is 23.6 Å². The molecule has 0 unspecified atom stereocenters. The SMILES string of the molecule is CC(=O)Nc1ccc(S(=O)(=O)N2CC(Oc3cc(C)n(C4CC4)c(=O)c3)C2)c(C)c1. The van der Waals surface area contributed by atoms with E-state index < -0.39 is 10.0 Å². The van der Waals surface area contributed by atoms with Gasteiger partial charge in [-0.1, -0.05) is 0 Å². The number of aromatic nitrogens is 1. The second-order valence-electron chi connectivity index (χ2n) is 8.00. The molecular weight excluding hydrogens is 406 g/mol. The van der Waals surface area contributed by atoms with E-state index in [-0.39, 0.29) is 35.6 Å². The number of hydrogen-bond acceptors (Lipinski definition) is 5. The molecule has 0 spiro atoms. The van der Waals surface area contributed by atoms with Crippen molar-refractivity contribution < 1.29 is 17.9 Å². The van der Waals surface area contributed by atoms with Crippen LogP contribution in [0.25, 0.3) is 0 Å². The van der Waals surface area contributed by atoms with Gasteiger partial charge in [-0.2, -0.15) is 4.31 Å². The van der Waals surface area contributed by atoms with Crippen LogP contribution in [0, 0.1) is 13.8 Å². The van der Waals surface area contributed by atoms with Crippen molar-refractivity contribution in [3.05, 3.63) is 51.9 Å². The molecule has 1 saturated carbocycles. The van der Waals surface area contributed by atoms with Gasteiger partial charge in [0.15, 0.2) is 0 Å². The van der Waals surface area contributed by atoms with Crippen molar-refractivity contribution in [2.75, 3.05) is 18.4 Å². The van der Waals surface area contributed by atoms with Crippen LogP contribution in [0.3, 0.4) is 0 Å². The molecule has 4 rings (SSSR count). The first kappa shape index (κ1) is 20.6. The molecule has 1 aromatic heterocycles. The maximum atomic E-state index is 12.9. The van der Waals surface area contributed by atoms with Crippen LogP contribution in [0.2, 0.25) is 0 Å². The monoisotopic (exact) mass is 431 g/mol. The molecular formula is C21H25N3O5S. The normalized spacial score (nSPS) is 17.4. The fraction of sp³-hybridized carbons (Fsp3) is 0.429. The third-order valence-corrected chi connectivity index (χ3v) is 7.37. The van der Waals surface area contributed by atoms with Crippen LogP contribution in [0.4, 0.5) is 5.69 Å². The first-order valence-electron chi connectivity index (χ1n) is 9.93. The fourth-order valence-corrected chi connectivity index (χ4v) is 5.48. The van der Waals surface area contributed by atoms with Gasteiger partial charge in [-0.3, -0.25) is 9.59 Å². The minimum absolute atomic E-state index is 0.0776. The number of ether oxygens (including phenoxy) is 1. The number of hydrogen-bond donors (Lipinski definition) is 1. The van der Waals surface area contributed by atoms with Crippen LogP contribution in [-0.4, -0.2) is 42.4 Å². The van der Waals surface area contributed by atoms with Crippen LogP contribution >= 0.6 is 0 Å². The highest BCUT2D eigenvalue weighted by atomic mass is 32.2. The van der Waals surface area contributed by atoms with Crippen LogP contribution in [0.15, 0.2) is 40.0 Å². The summed E-state index contributed by atoms with van der Waals surface area (Å²) in [5, 5.41) is 2.64. The zero-order valence-corrected chi connectivity index (χ0v) is 18.0. The average molecular weight is 432 g/mol. The highest BCUT2D eigenvalue weighted by Crippen LogP contribution is 2.35. The predicted octanol–water partition coefficient (Wildman–Crippen LogP) is 2.21. The van der Waals surface area contributed by atoms with Crippen LogP contribution in [0.5, 0.6) is 5.75 Å². The molecule has 2 heterocycles. The Kier molecular flexibility index (Phi) is 5.19. The summed E-state index contributed by atoms with van der Waals surface area (Å²) >= 11 is 0. The van der Waals surface area contributed by atoms with Crippen LogP contribution in [-0.2, 0) is 14.8 Å². The average Bonchev–Trinajstić information content (AvgIpc) is 3.41. The molecule has 1 aliphatic carbocycles. The lowest BCUT2D eigenvalue weighted by Gasteiger charge is -2.38. The maximum absolute atomic E-state index is 12.9. The van der Waals surface area contributed by atoms with Gasteiger partial charge >= 0.3 is 0 Å². The van der Waals surface area contributed by atoms with E-state index in [4.69, 9.17) is 4.74 Å². The Balaban J connectivity index is 1.42. The van der Waals surface area contributed by atoms with E-state index in [0.717, 1.165) is 18.5 Å². The van der Waals surface area contributed by atoms with Gasteiger partial charge in [-0.15, -0.1) is 0 Å². The standard InChI is InChI=1S/C21H25N3O5S/c1-13-8-16(22-15(3)25)4-7-20(13)30(27,28)23-11-19(12-23)29-18-9-14(2)24(17-5-6-17)21(26)10-18/h4,7-10,17,19H,5-6,11-12H2,1-3H3,(H,22,25). The lowest BCUT2D eigenvalue weighted by atomic mass is 10.2. The number of carbonyl (C=O) groups is 1. The molecule has 2 fully saturated rings. The quantitative estimate of drug-likeness (QED) is 0.756. The van der Waals surface area contributed by atoms with E-state index in [1.807, 2.05) is 13.0 Å². The van der Waals surface area contributed by atoms with E-state index >= 15 is 0 Å². The molecule has 1 N–H and O–H groups in total. The lowest BCUT2D eigenvalue weighted by molar-refractivity contribution is -0.114. The number of amides is 1. The summed E-state index contributed by atoms with van der Waals surface area (Å²) in [6.07, 6.45) is 1.76.